The number of H-pyrrole nitrogens is 1. The molecule has 0 aliphatic carbocycles. The average Bonchev–Trinajstić information content (AvgIpc) is 1.76. The highest BCUT2D eigenvalue weighted by Crippen LogP contribution is 2.24. The van der Waals surface area contributed by atoms with E-state index in [0.29, 0.717) is 29.4 Å². The number of likely N-dealkylation sites (tertiary alicyclic amines) is 1. The number of hydrogen-bond donors (Lipinski definition) is 14. The van der Waals surface area contributed by atoms with E-state index < -0.39 is 144 Å². The number of hydrogen-bond acceptors (Lipinski definition) is 15. The second-order valence-corrected chi connectivity index (χ2v) is 24.5. The minimum absolute atomic E-state index is 0.0215. The molecule has 4 aromatic carbocycles. The van der Waals surface area contributed by atoms with E-state index in [1.165, 1.54) is 29.2 Å². The first kappa shape index (κ1) is 73.7. The van der Waals surface area contributed by atoms with Crippen molar-refractivity contribution in [2.24, 2.45) is 29.0 Å². The largest absolute Gasteiger partial charge is 0.508 e. The third kappa shape index (κ3) is 22.7. The summed E-state index contributed by atoms with van der Waals surface area (Å²) in [7, 11) is 0. The topological polar surface area (TPSA) is 442 Å². The molecule has 1 aliphatic heterocycles. The number of amides is 11. The molecule has 1 aliphatic rings. The molecule has 17 N–H and O–H groups in total. The van der Waals surface area contributed by atoms with Gasteiger partial charge in [0.05, 0.1) is 18.5 Å². The molecule has 0 bridgehead atoms. The number of phenols is 1. The number of aromatic hydroxyl groups is 1. The monoisotopic (exact) mass is 1310 g/mol. The third-order valence-corrected chi connectivity index (χ3v) is 16.2. The van der Waals surface area contributed by atoms with E-state index in [4.69, 9.17) is 22.6 Å². The molecule has 27 heteroatoms. The zero-order valence-electron chi connectivity index (χ0n) is 53.8. The summed E-state index contributed by atoms with van der Waals surface area (Å²) in [5.41, 5.74) is 19.8. The molecule has 0 unspecified atom stereocenters. The fraction of sp³-hybridized carbons (Fsp3) is 0.426. The molecule has 1 saturated heterocycles. The van der Waals surface area contributed by atoms with Gasteiger partial charge in [-0.05, 0) is 103 Å². The first-order chi connectivity index (χ1) is 45.3. The molecule has 11 amide bonds. The number of nitrogens with one attached hydrogen (secondary N) is 10. The van der Waals surface area contributed by atoms with E-state index in [0.717, 1.165) is 22.7 Å². The van der Waals surface area contributed by atoms with Crippen LogP contribution in [0.1, 0.15) is 101 Å². The minimum Gasteiger partial charge on any atom is -0.508 e. The van der Waals surface area contributed by atoms with E-state index in [1.807, 2.05) is 68.4 Å². The first-order valence-electron chi connectivity index (χ1n) is 31.7. The molecular weight excluding hydrogens is 1220 g/mol. The summed E-state index contributed by atoms with van der Waals surface area (Å²) in [5, 5.41) is 40.3. The third-order valence-electron chi connectivity index (χ3n) is 16.2. The van der Waals surface area contributed by atoms with Crippen LogP contribution in [0.2, 0.25) is 0 Å². The Balaban J connectivity index is 1.21. The van der Waals surface area contributed by atoms with Crippen molar-refractivity contribution in [1.29, 1.82) is 5.41 Å². The average molecular weight is 1310 g/mol. The van der Waals surface area contributed by atoms with Crippen molar-refractivity contribution >= 4 is 88.4 Å². The van der Waals surface area contributed by atoms with Gasteiger partial charge < -0.3 is 84.9 Å². The molecule has 508 valence electrons. The Labute approximate surface area is 550 Å². The van der Waals surface area contributed by atoms with E-state index in [1.54, 1.807) is 50.4 Å². The standard InChI is InChI=1S/C68H88N14O13/c1-39(2)31-52(77-61(88)50(21-13-29-69)76-67(94)59(40(3)4)81-65(92)53(33-43-23-25-46(84)26-24-43)78-62(89)51(27-28-57(71)85)75-60(87)48(70)36-58(72)86)64(91)80-55(34-42-17-9-6-10-18-42)68(95)82-30-14-22-56(82)66(93)79-54(35-44-37-73-49-20-12-11-19-47(44)49)63(90)74-45(38-83)32-41-15-7-5-8-16-41/h5-12,15-20,23-26,29,37-40,45,48,50-56,59,69,73,84H,13-14,21-22,27-28,30-36,70H2,1-4H3,(H2,71,85)(H2,72,86)(H,74,90)(H,75,87)(H,76,94)(H,77,88)(H,78,89)(H,79,93)(H,80,91)(H,81,92)/t45-,48+,50+,51+,52+,53+,54+,55-,56+,59+/m1/s1. The summed E-state index contributed by atoms with van der Waals surface area (Å²) < 4.78 is 0. The Morgan fingerprint density at radius 1 is 0.589 bits per heavy atom. The van der Waals surface area contributed by atoms with Crippen LogP contribution in [0.5, 0.6) is 5.75 Å². The van der Waals surface area contributed by atoms with Gasteiger partial charge in [-0.3, -0.25) is 52.7 Å². The molecule has 2 heterocycles. The van der Waals surface area contributed by atoms with Crippen LogP contribution in [-0.2, 0) is 83.2 Å². The van der Waals surface area contributed by atoms with Crippen LogP contribution in [0.3, 0.4) is 0 Å². The molecule has 0 spiro atoms. The molecule has 6 rings (SSSR count). The Morgan fingerprint density at radius 3 is 1.73 bits per heavy atom. The van der Waals surface area contributed by atoms with Gasteiger partial charge in [-0.25, -0.2) is 0 Å². The number of phenolic OH excluding ortho intramolecular Hbond substituents is 1. The highest BCUT2D eigenvalue weighted by atomic mass is 16.3. The van der Waals surface area contributed by atoms with Crippen molar-refractivity contribution in [2.75, 3.05) is 6.54 Å². The fourth-order valence-corrected chi connectivity index (χ4v) is 11.1. The van der Waals surface area contributed by atoms with Crippen LogP contribution in [0, 0.1) is 17.2 Å². The van der Waals surface area contributed by atoms with Crippen LogP contribution >= 0.6 is 0 Å². The molecule has 1 fully saturated rings. The first-order valence-corrected chi connectivity index (χ1v) is 31.7. The van der Waals surface area contributed by atoms with Gasteiger partial charge in [0.1, 0.15) is 60.4 Å². The highest BCUT2D eigenvalue weighted by molar-refractivity contribution is 5.99. The number of aldehydes is 1. The van der Waals surface area contributed by atoms with Crippen LogP contribution < -0.4 is 59.7 Å². The van der Waals surface area contributed by atoms with E-state index >= 15 is 4.79 Å². The van der Waals surface area contributed by atoms with Crippen LogP contribution in [0.25, 0.3) is 10.9 Å². The summed E-state index contributed by atoms with van der Waals surface area (Å²) >= 11 is 0. The van der Waals surface area contributed by atoms with Gasteiger partial charge in [0.25, 0.3) is 0 Å². The Bertz CT molecular complexity index is 3490. The molecule has 5 aromatic rings. The van der Waals surface area contributed by atoms with Gasteiger partial charge in [-0.1, -0.05) is 119 Å². The maximum Gasteiger partial charge on any atom is 0.246 e. The normalized spacial score (nSPS) is 15.7. The number of nitrogens with two attached hydrogens (primary N) is 3. The number of nitrogens with zero attached hydrogens (tertiary/aromatic N) is 1. The zero-order valence-corrected chi connectivity index (χ0v) is 53.8. The van der Waals surface area contributed by atoms with Crippen molar-refractivity contribution in [2.45, 2.75) is 165 Å². The predicted octanol–water partition coefficient (Wildman–Crippen LogP) is 0.812. The van der Waals surface area contributed by atoms with Crippen LogP contribution in [-0.4, -0.2) is 159 Å². The summed E-state index contributed by atoms with van der Waals surface area (Å²) in [6, 6.07) is 17.9. The number of benzene rings is 4. The van der Waals surface area contributed by atoms with Gasteiger partial charge in [0.15, 0.2) is 0 Å². The molecule has 95 heavy (non-hydrogen) atoms. The second-order valence-electron chi connectivity index (χ2n) is 24.5. The van der Waals surface area contributed by atoms with E-state index in [9.17, 15) is 57.8 Å². The molecular formula is C68H88N14O13. The van der Waals surface area contributed by atoms with Crippen LogP contribution in [0.4, 0.5) is 0 Å². The lowest BCUT2D eigenvalue weighted by Crippen LogP contribution is -2.61. The van der Waals surface area contributed by atoms with Crippen molar-refractivity contribution in [1.82, 2.24) is 52.4 Å². The molecule has 0 saturated carbocycles. The lowest BCUT2D eigenvalue weighted by Gasteiger charge is -2.31. The number of primary amides is 2. The quantitative estimate of drug-likeness (QED) is 0.0193. The molecule has 1 aromatic heterocycles. The lowest BCUT2D eigenvalue weighted by atomic mass is 9.99. The molecule has 0 radical (unpaired) electrons. The summed E-state index contributed by atoms with van der Waals surface area (Å²) in [6.07, 6.45) is 2.46. The van der Waals surface area contributed by atoms with Gasteiger partial charge in [-0.2, -0.15) is 0 Å². The Morgan fingerprint density at radius 2 is 1.12 bits per heavy atom. The van der Waals surface area contributed by atoms with Crippen LogP contribution in [0.15, 0.2) is 115 Å². The maximum atomic E-state index is 15.1. The van der Waals surface area contributed by atoms with Gasteiger partial charge >= 0.3 is 0 Å². The lowest BCUT2D eigenvalue weighted by molar-refractivity contribution is -0.142. The number of carbonyl (C=O) groups is 12. The summed E-state index contributed by atoms with van der Waals surface area (Å²) in [4.78, 5) is 170. The van der Waals surface area contributed by atoms with Gasteiger partial charge in [0.2, 0.25) is 65.0 Å². The van der Waals surface area contributed by atoms with E-state index in [2.05, 4.69) is 47.5 Å². The second kappa shape index (κ2) is 36.2. The number of para-hydroxylation sites is 1. The van der Waals surface area contributed by atoms with Gasteiger partial charge in [0, 0.05) is 49.3 Å². The van der Waals surface area contributed by atoms with Crippen molar-refractivity contribution < 1.29 is 62.6 Å². The maximum absolute atomic E-state index is 15.1. The number of carbonyl (C=O) groups excluding carboxylic acids is 12. The van der Waals surface area contributed by atoms with Gasteiger partial charge in [-0.15, -0.1) is 0 Å². The molecule has 10 atom stereocenters. The predicted molar refractivity (Wildman–Crippen MR) is 353 cm³/mol. The Kier molecular flexibility index (Phi) is 28.1. The van der Waals surface area contributed by atoms with Crippen molar-refractivity contribution in [3.63, 3.8) is 0 Å². The Hall–Kier alpha value is -10.3. The smallest absolute Gasteiger partial charge is 0.246 e. The fourth-order valence-electron chi connectivity index (χ4n) is 11.1. The zero-order chi connectivity index (χ0) is 69.3. The SMILES string of the molecule is CC(C)C[C@H](NC(=O)[C@H](CCC=N)NC(=O)[C@@H](NC(=O)[C@H](Cc1ccc(O)cc1)NC(=O)[C@H](CCC(N)=O)NC(=O)[C@@H](N)CC(N)=O)C(C)C)C(=O)N[C@H](Cc1ccccc1)C(=O)N1CCC[C@H]1C(=O)N[C@@H](Cc1c[nH]c2ccccc12)C(=O)N[C@@H](C=O)Cc1ccccc1. The number of aromatic amines is 1. The van der Waals surface area contributed by atoms with Crippen molar-refractivity contribution in [3.8, 4) is 5.75 Å². The number of rotatable bonds is 37. The van der Waals surface area contributed by atoms with E-state index in [-0.39, 0.29) is 76.0 Å². The molecule has 27 nitrogen and oxygen atoms in total. The number of aromatic nitrogens is 1. The highest BCUT2D eigenvalue weighted by Gasteiger charge is 2.41. The minimum atomic E-state index is -1.52. The summed E-state index contributed by atoms with van der Waals surface area (Å²) in [6.45, 7) is 6.93. The number of fused-ring (bicyclic) bond motifs is 1. The van der Waals surface area contributed by atoms with Crippen molar-refractivity contribution in [3.05, 3.63) is 138 Å². The summed E-state index contributed by atoms with van der Waals surface area (Å²) in [5.74, 6) is -10.0.